The van der Waals surface area contributed by atoms with Crippen LogP contribution in [0.1, 0.15) is 43.4 Å². The van der Waals surface area contributed by atoms with Crippen molar-refractivity contribution < 1.29 is 9.47 Å². The van der Waals surface area contributed by atoms with E-state index in [9.17, 15) is 0 Å². The molecule has 3 nitrogen and oxygen atoms in total. The first-order chi connectivity index (χ1) is 14.0. The lowest BCUT2D eigenvalue weighted by molar-refractivity contribution is 0.294. The Labute approximate surface area is 174 Å². The molecule has 0 unspecified atom stereocenters. The Kier molecular flexibility index (Phi) is 7.31. The van der Waals surface area contributed by atoms with Crippen LogP contribution in [0.15, 0.2) is 78.9 Å². The molecule has 2 N–H and O–H groups in total. The Bertz CT molecular complexity index is 884. The minimum atomic E-state index is -0.129. The van der Waals surface area contributed by atoms with E-state index >= 15 is 0 Å². The number of aryl methyl sites for hydroxylation is 1. The van der Waals surface area contributed by atoms with Crippen LogP contribution in [0.5, 0.6) is 11.5 Å². The molecule has 3 rings (SSSR count). The molecule has 0 bridgehead atoms. The number of benzene rings is 3. The summed E-state index contributed by atoms with van der Waals surface area (Å²) in [7, 11) is 0. The first kappa shape index (κ1) is 20.9. The second-order valence-corrected chi connectivity index (χ2v) is 8.16. The summed E-state index contributed by atoms with van der Waals surface area (Å²) in [5.41, 5.74) is 9.45. The van der Waals surface area contributed by atoms with Crippen LogP contribution in [0.2, 0.25) is 0 Å². The van der Waals surface area contributed by atoms with Crippen molar-refractivity contribution in [2.75, 3.05) is 0 Å². The highest BCUT2D eigenvalue weighted by Gasteiger charge is 2.11. The number of ether oxygens (including phenoxy) is 2. The van der Waals surface area contributed by atoms with Gasteiger partial charge in [-0.3, -0.25) is 0 Å². The summed E-state index contributed by atoms with van der Waals surface area (Å²) in [6, 6.07) is 26.5. The van der Waals surface area contributed by atoms with Crippen LogP contribution in [0, 0.1) is 0 Å². The van der Waals surface area contributed by atoms with Crippen molar-refractivity contribution in [3.8, 4) is 11.5 Å². The molecular formula is C26H31NO2. The summed E-state index contributed by atoms with van der Waals surface area (Å²) < 4.78 is 12.1. The lowest BCUT2D eigenvalue weighted by atomic mass is 9.96. The van der Waals surface area contributed by atoms with E-state index < -0.39 is 0 Å². The van der Waals surface area contributed by atoms with E-state index in [2.05, 4.69) is 44.2 Å². The molecule has 0 atom stereocenters. The molecule has 3 heteroatoms. The van der Waals surface area contributed by atoms with Crippen LogP contribution in [0.25, 0.3) is 0 Å². The van der Waals surface area contributed by atoms with Crippen LogP contribution < -0.4 is 15.2 Å². The fourth-order valence-corrected chi connectivity index (χ4v) is 3.21. The number of hydrogen-bond acceptors (Lipinski definition) is 3. The molecule has 3 aromatic rings. The van der Waals surface area contributed by atoms with Crippen LogP contribution in [-0.2, 0) is 19.6 Å². The third kappa shape index (κ3) is 7.28. The predicted molar refractivity (Wildman–Crippen MR) is 119 cm³/mol. The van der Waals surface area contributed by atoms with Crippen molar-refractivity contribution in [2.45, 2.75) is 51.9 Å². The molecule has 0 fully saturated rings. The van der Waals surface area contributed by atoms with E-state index in [1.807, 2.05) is 48.5 Å². The molecule has 0 aromatic heterocycles. The van der Waals surface area contributed by atoms with Crippen molar-refractivity contribution in [1.82, 2.24) is 0 Å². The summed E-state index contributed by atoms with van der Waals surface area (Å²) in [4.78, 5) is 0. The lowest BCUT2D eigenvalue weighted by Crippen LogP contribution is -2.31. The van der Waals surface area contributed by atoms with Gasteiger partial charge in [0.25, 0.3) is 0 Å². The van der Waals surface area contributed by atoms with Gasteiger partial charge in [-0.25, -0.2) is 0 Å². The van der Waals surface area contributed by atoms with Gasteiger partial charge in [-0.15, -0.1) is 0 Å². The lowest BCUT2D eigenvalue weighted by Gasteiger charge is -2.18. The summed E-state index contributed by atoms with van der Waals surface area (Å²) in [5, 5.41) is 0. The number of hydrogen-bond donors (Lipinski definition) is 1. The van der Waals surface area contributed by atoms with Crippen molar-refractivity contribution in [3.63, 3.8) is 0 Å². The zero-order chi connectivity index (χ0) is 20.5. The minimum absolute atomic E-state index is 0.129. The van der Waals surface area contributed by atoms with Gasteiger partial charge in [0.05, 0.1) is 0 Å². The van der Waals surface area contributed by atoms with Gasteiger partial charge in [0.1, 0.15) is 24.7 Å². The first-order valence-corrected chi connectivity index (χ1v) is 10.2. The Morgan fingerprint density at radius 1 is 0.759 bits per heavy atom. The molecule has 0 saturated heterocycles. The molecule has 0 saturated carbocycles. The normalized spacial score (nSPS) is 11.3. The molecule has 0 amide bonds. The van der Waals surface area contributed by atoms with Crippen LogP contribution in [0.3, 0.4) is 0 Å². The second-order valence-electron chi connectivity index (χ2n) is 8.16. The highest BCUT2D eigenvalue weighted by molar-refractivity contribution is 5.34. The monoisotopic (exact) mass is 389 g/mol. The third-order valence-electron chi connectivity index (χ3n) is 4.78. The van der Waals surface area contributed by atoms with Gasteiger partial charge < -0.3 is 15.2 Å². The summed E-state index contributed by atoms with van der Waals surface area (Å²) in [5.74, 6) is 1.80. The zero-order valence-electron chi connectivity index (χ0n) is 17.4. The molecule has 0 aliphatic carbocycles. The summed E-state index contributed by atoms with van der Waals surface area (Å²) in [6.45, 7) is 5.22. The summed E-state index contributed by atoms with van der Waals surface area (Å²) >= 11 is 0. The molecule has 152 valence electrons. The van der Waals surface area contributed by atoms with Gasteiger partial charge in [-0.05, 0) is 68.0 Å². The Balaban J connectivity index is 1.56. The smallest absolute Gasteiger partial charge is 0.122 e. The molecule has 0 heterocycles. The number of nitrogens with two attached hydrogens (primary N) is 1. The standard InChI is InChI=1S/C26H31NO2/c1-26(2,27)17-9-14-23-13-6-7-16-25(23)29-20-22-12-8-15-24(18-22)28-19-21-10-4-3-5-11-21/h3-8,10-13,15-16,18H,9,14,17,19-20,27H2,1-2H3. The fraction of sp³-hybridized carbons (Fsp3) is 0.308. The third-order valence-corrected chi connectivity index (χ3v) is 4.78. The highest BCUT2D eigenvalue weighted by atomic mass is 16.5. The van der Waals surface area contributed by atoms with Crippen molar-refractivity contribution in [1.29, 1.82) is 0 Å². The highest BCUT2D eigenvalue weighted by Crippen LogP contribution is 2.23. The quantitative estimate of drug-likeness (QED) is 0.469. The van der Waals surface area contributed by atoms with Gasteiger partial charge in [-0.2, -0.15) is 0 Å². The van der Waals surface area contributed by atoms with Crippen molar-refractivity contribution in [2.24, 2.45) is 5.73 Å². The second kappa shape index (κ2) is 10.1. The van der Waals surface area contributed by atoms with Gasteiger partial charge in [0.2, 0.25) is 0 Å². The average molecular weight is 390 g/mol. The van der Waals surface area contributed by atoms with Gasteiger partial charge in [0.15, 0.2) is 0 Å². The van der Waals surface area contributed by atoms with E-state index in [0.29, 0.717) is 13.2 Å². The topological polar surface area (TPSA) is 44.5 Å². The maximum Gasteiger partial charge on any atom is 0.122 e. The zero-order valence-corrected chi connectivity index (χ0v) is 17.4. The van der Waals surface area contributed by atoms with E-state index in [-0.39, 0.29) is 5.54 Å². The molecule has 29 heavy (non-hydrogen) atoms. The van der Waals surface area contributed by atoms with E-state index in [0.717, 1.165) is 41.9 Å². The van der Waals surface area contributed by atoms with Gasteiger partial charge >= 0.3 is 0 Å². The molecule has 0 spiro atoms. The maximum absolute atomic E-state index is 6.14. The number of rotatable bonds is 10. The van der Waals surface area contributed by atoms with Gasteiger partial charge in [-0.1, -0.05) is 60.7 Å². The largest absolute Gasteiger partial charge is 0.489 e. The average Bonchev–Trinajstić information content (AvgIpc) is 2.72. The molecule has 3 aromatic carbocycles. The Morgan fingerprint density at radius 3 is 2.24 bits per heavy atom. The van der Waals surface area contributed by atoms with E-state index in [4.69, 9.17) is 15.2 Å². The SMILES string of the molecule is CC(C)(N)CCCc1ccccc1OCc1cccc(OCc2ccccc2)c1. The Hall–Kier alpha value is -2.78. The maximum atomic E-state index is 6.14. The van der Waals surface area contributed by atoms with Gasteiger partial charge in [0, 0.05) is 5.54 Å². The molecule has 0 radical (unpaired) electrons. The predicted octanol–water partition coefficient (Wildman–Crippen LogP) is 5.90. The van der Waals surface area contributed by atoms with Crippen LogP contribution in [0.4, 0.5) is 0 Å². The Morgan fingerprint density at radius 2 is 1.45 bits per heavy atom. The first-order valence-electron chi connectivity index (χ1n) is 10.2. The van der Waals surface area contributed by atoms with Crippen LogP contribution >= 0.6 is 0 Å². The van der Waals surface area contributed by atoms with Crippen LogP contribution in [-0.4, -0.2) is 5.54 Å². The molecule has 0 aliphatic heterocycles. The molecular weight excluding hydrogens is 358 g/mol. The van der Waals surface area contributed by atoms with E-state index in [1.54, 1.807) is 0 Å². The van der Waals surface area contributed by atoms with E-state index in [1.165, 1.54) is 5.56 Å². The number of para-hydroxylation sites is 1. The molecule has 0 aliphatic rings. The minimum Gasteiger partial charge on any atom is -0.489 e. The van der Waals surface area contributed by atoms with Crippen molar-refractivity contribution in [3.05, 3.63) is 95.6 Å². The fourth-order valence-electron chi connectivity index (χ4n) is 3.21. The summed E-state index contributed by atoms with van der Waals surface area (Å²) in [6.07, 6.45) is 3.01. The van der Waals surface area contributed by atoms with Crippen molar-refractivity contribution >= 4 is 0 Å².